The van der Waals surface area contributed by atoms with Crippen LogP contribution in [0.25, 0.3) is 0 Å². The first-order valence-corrected chi connectivity index (χ1v) is 13.1. The number of hydrogen-bond donors (Lipinski definition) is 0. The van der Waals surface area contributed by atoms with Crippen LogP contribution in [0, 0.1) is 0 Å². The predicted octanol–water partition coefficient (Wildman–Crippen LogP) is 3.92. The van der Waals surface area contributed by atoms with Crippen molar-refractivity contribution in [2.45, 2.75) is 18.4 Å². The van der Waals surface area contributed by atoms with E-state index in [4.69, 9.17) is 0 Å². The Labute approximate surface area is 193 Å². The Hall–Kier alpha value is -2.68. The Kier molecular flexibility index (Phi) is 6.93. The number of hydrogen-bond acceptors (Lipinski definition) is 5. The largest absolute Gasteiger partial charge is 0.336 e. The van der Waals surface area contributed by atoms with Gasteiger partial charge in [-0.2, -0.15) is 11.3 Å². The third kappa shape index (κ3) is 4.87. The molecule has 1 fully saturated rings. The second-order valence-electron chi connectivity index (χ2n) is 7.73. The molecule has 6 nitrogen and oxygen atoms in total. The summed E-state index contributed by atoms with van der Waals surface area (Å²) >= 11 is 1.70. The number of benzene rings is 2. The summed E-state index contributed by atoms with van der Waals surface area (Å²) in [4.78, 5) is 17.3. The molecule has 1 amide bonds. The van der Waals surface area contributed by atoms with Crippen LogP contribution in [0.2, 0.25) is 0 Å². The van der Waals surface area contributed by atoms with Gasteiger partial charge >= 0.3 is 0 Å². The maximum absolute atomic E-state index is 13.1. The Morgan fingerprint density at radius 2 is 1.66 bits per heavy atom. The molecule has 1 saturated heterocycles. The van der Waals surface area contributed by atoms with Crippen LogP contribution < -0.4 is 4.31 Å². The van der Waals surface area contributed by atoms with Gasteiger partial charge in [-0.05, 0) is 65.7 Å². The first kappa shape index (κ1) is 22.5. The van der Waals surface area contributed by atoms with Crippen LogP contribution in [0.5, 0.6) is 0 Å². The van der Waals surface area contributed by atoms with Crippen LogP contribution in [0.15, 0.2) is 76.3 Å². The van der Waals surface area contributed by atoms with E-state index in [1.165, 1.54) is 22.0 Å². The molecule has 2 heterocycles. The molecule has 3 aromatic rings. The number of thiophene rings is 1. The predicted molar refractivity (Wildman–Crippen MR) is 129 cm³/mol. The molecule has 4 rings (SSSR count). The summed E-state index contributed by atoms with van der Waals surface area (Å²) in [5.41, 5.74) is 2.44. The maximum Gasteiger partial charge on any atom is 0.264 e. The number of sulfonamides is 1. The second kappa shape index (κ2) is 9.85. The Balaban J connectivity index is 1.41. The molecule has 168 valence electrons. The number of piperazine rings is 1. The lowest BCUT2D eigenvalue weighted by Crippen LogP contribution is -2.48. The van der Waals surface area contributed by atoms with Crippen molar-refractivity contribution in [3.63, 3.8) is 0 Å². The second-order valence-corrected chi connectivity index (χ2v) is 10.4. The highest BCUT2D eigenvalue weighted by atomic mass is 32.2. The molecule has 1 aromatic heterocycles. The molecule has 0 atom stereocenters. The Bertz CT molecular complexity index is 1120. The van der Waals surface area contributed by atoms with Gasteiger partial charge < -0.3 is 4.90 Å². The van der Waals surface area contributed by atoms with E-state index < -0.39 is 10.0 Å². The minimum Gasteiger partial charge on any atom is -0.336 e. The van der Waals surface area contributed by atoms with Crippen LogP contribution in [-0.4, -0.2) is 56.8 Å². The van der Waals surface area contributed by atoms with Crippen LogP contribution in [0.3, 0.4) is 0 Å². The number of para-hydroxylation sites is 1. The highest BCUT2D eigenvalue weighted by Gasteiger charge is 2.25. The molecular formula is C24H27N3O3S2. The number of nitrogens with zero attached hydrogens (tertiary/aromatic N) is 3. The van der Waals surface area contributed by atoms with E-state index in [-0.39, 0.29) is 10.8 Å². The normalized spacial score (nSPS) is 15.0. The van der Waals surface area contributed by atoms with E-state index in [1.54, 1.807) is 42.5 Å². The van der Waals surface area contributed by atoms with Crippen molar-refractivity contribution < 1.29 is 13.2 Å². The van der Waals surface area contributed by atoms with Gasteiger partial charge in [-0.15, -0.1) is 0 Å². The van der Waals surface area contributed by atoms with E-state index in [1.807, 2.05) is 23.1 Å². The molecule has 32 heavy (non-hydrogen) atoms. The molecule has 0 spiro atoms. The number of rotatable bonds is 7. The summed E-state index contributed by atoms with van der Waals surface area (Å²) in [6.45, 7) is 6.03. The summed E-state index contributed by atoms with van der Waals surface area (Å²) < 4.78 is 27.6. The number of amides is 1. The van der Waals surface area contributed by atoms with Crippen molar-refractivity contribution in [3.05, 3.63) is 82.6 Å². The summed E-state index contributed by atoms with van der Waals surface area (Å²) in [6, 6.07) is 17.5. The number of anilines is 1. The van der Waals surface area contributed by atoms with E-state index in [2.05, 4.69) is 21.7 Å². The van der Waals surface area contributed by atoms with Gasteiger partial charge in [-0.3, -0.25) is 14.0 Å². The molecule has 0 aliphatic carbocycles. The summed E-state index contributed by atoms with van der Waals surface area (Å²) in [6.07, 6.45) is 0. The van der Waals surface area contributed by atoms with Gasteiger partial charge in [0.25, 0.3) is 15.9 Å². The third-order valence-electron chi connectivity index (χ3n) is 5.67. The van der Waals surface area contributed by atoms with Gasteiger partial charge in [0.2, 0.25) is 0 Å². The Morgan fingerprint density at radius 3 is 2.25 bits per heavy atom. The highest BCUT2D eigenvalue weighted by Crippen LogP contribution is 2.24. The average molecular weight is 470 g/mol. The fraction of sp³-hybridized carbons (Fsp3) is 0.292. The fourth-order valence-corrected chi connectivity index (χ4v) is 6.05. The fourth-order valence-electron chi connectivity index (χ4n) is 3.91. The van der Waals surface area contributed by atoms with Crippen LogP contribution in [0.1, 0.15) is 22.8 Å². The van der Waals surface area contributed by atoms with Gasteiger partial charge in [0, 0.05) is 44.8 Å². The van der Waals surface area contributed by atoms with E-state index in [0.717, 1.165) is 19.6 Å². The first-order chi connectivity index (χ1) is 15.5. The highest BCUT2D eigenvalue weighted by molar-refractivity contribution is 7.92. The summed E-state index contributed by atoms with van der Waals surface area (Å²) in [5, 5.41) is 4.24. The van der Waals surface area contributed by atoms with Gasteiger partial charge in [0.1, 0.15) is 0 Å². The van der Waals surface area contributed by atoms with Crippen molar-refractivity contribution in [1.29, 1.82) is 0 Å². The lowest BCUT2D eigenvalue weighted by Gasteiger charge is -2.34. The van der Waals surface area contributed by atoms with Gasteiger partial charge in [0.15, 0.2) is 0 Å². The van der Waals surface area contributed by atoms with Gasteiger partial charge in [-0.1, -0.05) is 18.2 Å². The molecular weight excluding hydrogens is 442 g/mol. The van der Waals surface area contributed by atoms with Crippen LogP contribution >= 0.6 is 11.3 Å². The molecule has 8 heteroatoms. The van der Waals surface area contributed by atoms with E-state index >= 15 is 0 Å². The SMILES string of the molecule is CCN(c1ccccc1)S(=O)(=O)c1ccc(C(=O)N2CCN(Cc3ccsc3)CC2)cc1. The summed E-state index contributed by atoms with van der Waals surface area (Å²) in [7, 11) is -3.70. The Morgan fingerprint density at radius 1 is 0.969 bits per heavy atom. The van der Waals surface area contributed by atoms with Crippen molar-refractivity contribution in [2.75, 3.05) is 37.0 Å². The monoisotopic (exact) mass is 469 g/mol. The number of carbonyl (C=O) groups is 1. The topological polar surface area (TPSA) is 60.9 Å². The zero-order valence-corrected chi connectivity index (χ0v) is 19.7. The van der Waals surface area contributed by atoms with Crippen molar-refractivity contribution in [3.8, 4) is 0 Å². The molecule has 2 aromatic carbocycles. The minimum atomic E-state index is -3.70. The molecule has 0 N–H and O–H groups in total. The third-order valence-corrected chi connectivity index (χ3v) is 8.32. The molecule has 0 radical (unpaired) electrons. The van der Waals surface area contributed by atoms with Crippen molar-refractivity contribution in [2.24, 2.45) is 0 Å². The van der Waals surface area contributed by atoms with Crippen molar-refractivity contribution >= 4 is 33.0 Å². The van der Waals surface area contributed by atoms with E-state index in [0.29, 0.717) is 30.9 Å². The van der Waals surface area contributed by atoms with Crippen LogP contribution in [-0.2, 0) is 16.6 Å². The smallest absolute Gasteiger partial charge is 0.264 e. The van der Waals surface area contributed by atoms with Crippen LogP contribution in [0.4, 0.5) is 5.69 Å². The molecule has 0 saturated carbocycles. The zero-order valence-electron chi connectivity index (χ0n) is 18.1. The minimum absolute atomic E-state index is 0.0560. The van der Waals surface area contributed by atoms with Gasteiger partial charge in [0.05, 0.1) is 10.6 Å². The lowest BCUT2D eigenvalue weighted by molar-refractivity contribution is 0.0628. The summed E-state index contributed by atoms with van der Waals surface area (Å²) in [5.74, 6) is -0.0560. The number of carbonyl (C=O) groups excluding carboxylic acids is 1. The molecule has 1 aliphatic heterocycles. The van der Waals surface area contributed by atoms with Crippen molar-refractivity contribution in [1.82, 2.24) is 9.80 Å². The van der Waals surface area contributed by atoms with E-state index in [9.17, 15) is 13.2 Å². The van der Waals surface area contributed by atoms with Gasteiger partial charge in [-0.25, -0.2) is 8.42 Å². The molecule has 0 unspecified atom stereocenters. The lowest BCUT2D eigenvalue weighted by atomic mass is 10.1. The zero-order chi connectivity index (χ0) is 22.6. The molecule has 0 bridgehead atoms. The average Bonchev–Trinajstić information content (AvgIpc) is 3.33. The quantitative estimate of drug-likeness (QED) is 0.526. The maximum atomic E-state index is 13.1. The standard InChI is InChI=1S/C24H27N3O3S2/c1-2-27(22-6-4-3-5-7-22)32(29,30)23-10-8-21(9-11-23)24(28)26-15-13-25(14-16-26)18-20-12-17-31-19-20/h3-12,17,19H,2,13-16,18H2,1H3. The molecule has 1 aliphatic rings. The first-order valence-electron chi connectivity index (χ1n) is 10.7.